The molecule has 1 rings (SSSR count). The lowest BCUT2D eigenvalue weighted by Crippen LogP contribution is -2.37. The molecule has 1 aromatic rings. The minimum atomic E-state index is -1.12. The minimum Gasteiger partial charge on any atom is -0.138 e. The van der Waals surface area contributed by atoms with Crippen LogP contribution in [0.25, 0.3) is 0 Å². The van der Waals surface area contributed by atoms with Crippen molar-refractivity contribution in [2.45, 2.75) is 19.6 Å². The summed E-state index contributed by atoms with van der Waals surface area (Å²) in [6.45, 7) is 7.08. The Morgan fingerprint density at radius 3 is 2.00 bits per heavy atom. The van der Waals surface area contributed by atoms with Crippen molar-refractivity contribution in [2.24, 2.45) is 0 Å². The first-order valence-electron chi connectivity index (χ1n) is 4.57. The fourth-order valence-corrected chi connectivity index (χ4v) is 2.65. The van der Waals surface area contributed by atoms with Gasteiger partial charge in [-0.2, -0.15) is 0 Å². The lowest BCUT2D eigenvalue weighted by molar-refractivity contribution is 1.64. The molecule has 0 heterocycles. The zero-order valence-electron chi connectivity index (χ0n) is 8.81. The molecule has 0 unspecified atom stereocenters. The molecule has 0 saturated carbocycles. The minimum absolute atomic E-state index is 0.961. The summed E-state index contributed by atoms with van der Waals surface area (Å²) < 4.78 is 0. The molecular formula is C11H16Si2. The smallest absolute Gasteiger partial charge is 0.0911 e. The van der Waals surface area contributed by atoms with E-state index in [2.05, 4.69) is 55.4 Å². The first kappa shape index (κ1) is 10.3. The van der Waals surface area contributed by atoms with Crippen LogP contribution in [0.4, 0.5) is 0 Å². The summed E-state index contributed by atoms with van der Waals surface area (Å²) in [4.78, 5) is 0. The van der Waals surface area contributed by atoms with Gasteiger partial charge >= 0.3 is 0 Å². The molecule has 0 aliphatic carbocycles. The highest BCUT2D eigenvalue weighted by molar-refractivity contribution is 6.88. The maximum atomic E-state index is 3.11. The van der Waals surface area contributed by atoms with Crippen molar-refractivity contribution in [1.29, 1.82) is 0 Å². The molecule has 0 aromatic heterocycles. The van der Waals surface area contributed by atoms with E-state index in [-0.39, 0.29) is 0 Å². The maximum Gasteiger partial charge on any atom is 0.0911 e. The van der Waals surface area contributed by atoms with Crippen molar-refractivity contribution < 1.29 is 0 Å². The van der Waals surface area contributed by atoms with E-state index in [4.69, 9.17) is 0 Å². The van der Waals surface area contributed by atoms with Gasteiger partial charge in [0.1, 0.15) is 0 Å². The second kappa shape index (κ2) is 3.95. The summed E-state index contributed by atoms with van der Waals surface area (Å²) in [5.41, 5.74) is 4.19. The Bertz CT molecular complexity index is 333. The predicted octanol–water partition coefficient (Wildman–Crippen LogP) is 0.906. The number of rotatable bonds is 1. The molecule has 1 aromatic carbocycles. The van der Waals surface area contributed by atoms with E-state index in [1.54, 1.807) is 0 Å². The van der Waals surface area contributed by atoms with Crippen molar-refractivity contribution in [1.82, 2.24) is 0 Å². The fourth-order valence-electron chi connectivity index (χ4n) is 1.20. The number of benzene rings is 1. The Balaban J connectivity index is 2.98. The molecule has 0 aliphatic heterocycles. The van der Waals surface area contributed by atoms with Gasteiger partial charge in [-0.1, -0.05) is 42.9 Å². The van der Waals surface area contributed by atoms with Crippen LogP contribution in [0.15, 0.2) is 24.3 Å². The molecule has 0 aliphatic rings. The van der Waals surface area contributed by atoms with Gasteiger partial charge < -0.3 is 0 Å². The van der Waals surface area contributed by atoms with Gasteiger partial charge in [-0.15, -0.1) is 5.54 Å². The molecule has 0 spiro atoms. The lowest BCUT2D eigenvalue weighted by Gasteiger charge is -2.15. The molecule has 68 valence electrons. The highest BCUT2D eigenvalue weighted by Gasteiger charge is 2.15. The summed E-state index contributed by atoms with van der Waals surface area (Å²) in [6, 6.07) is 8.73. The summed E-state index contributed by atoms with van der Waals surface area (Å²) in [5.74, 6) is 3.11. The first-order chi connectivity index (χ1) is 6.04. The third-order valence-electron chi connectivity index (χ3n) is 2.02. The Labute approximate surface area is 84.8 Å². The van der Waals surface area contributed by atoms with Crippen LogP contribution < -0.4 is 5.19 Å². The maximum absolute atomic E-state index is 3.11. The second-order valence-electron chi connectivity index (χ2n) is 4.20. The molecule has 0 atom stereocenters. The third kappa shape index (κ3) is 2.87. The van der Waals surface area contributed by atoms with Gasteiger partial charge in [-0.25, -0.2) is 0 Å². The van der Waals surface area contributed by atoms with Gasteiger partial charge in [0.15, 0.2) is 0 Å². The van der Waals surface area contributed by atoms with Crippen LogP contribution in [0.1, 0.15) is 5.56 Å². The average molecular weight is 204 g/mol. The van der Waals surface area contributed by atoms with Gasteiger partial charge in [-0.05, 0) is 12.1 Å². The van der Waals surface area contributed by atoms with Gasteiger partial charge in [-0.3, -0.25) is 0 Å². The van der Waals surface area contributed by atoms with Crippen molar-refractivity contribution in [2.75, 3.05) is 0 Å². The highest BCUT2D eigenvalue weighted by atomic mass is 28.3. The summed E-state index contributed by atoms with van der Waals surface area (Å²) >= 11 is 0. The Morgan fingerprint density at radius 1 is 1.08 bits per heavy atom. The fraction of sp³-hybridized carbons (Fsp3) is 0.273. The second-order valence-corrected chi connectivity index (χ2v) is 9.78. The lowest BCUT2D eigenvalue weighted by atomic mass is 10.2. The number of hydrogen-bond acceptors (Lipinski definition) is 0. The molecule has 2 heteroatoms. The monoisotopic (exact) mass is 204 g/mol. The summed E-state index contributed by atoms with van der Waals surface area (Å²) in [5, 5.41) is 1.51. The zero-order valence-corrected chi connectivity index (χ0v) is 11.8. The van der Waals surface area contributed by atoms with Crippen LogP contribution in [0.3, 0.4) is 0 Å². The van der Waals surface area contributed by atoms with E-state index in [1.807, 2.05) is 0 Å². The summed E-state index contributed by atoms with van der Waals surface area (Å²) in [7, 11) is -0.158. The van der Waals surface area contributed by atoms with Crippen LogP contribution in [-0.2, 0) is 0 Å². The van der Waals surface area contributed by atoms with Crippen LogP contribution >= 0.6 is 0 Å². The van der Waals surface area contributed by atoms with Crippen LogP contribution in [0.2, 0.25) is 19.6 Å². The molecule has 0 radical (unpaired) electrons. The Hall–Kier alpha value is -0.786. The molecule has 13 heavy (non-hydrogen) atoms. The Morgan fingerprint density at radius 2 is 1.62 bits per heavy atom. The van der Waals surface area contributed by atoms with Gasteiger partial charge in [0.05, 0.1) is 18.3 Å². The molecule has 0 amide bonds. The van der Waals surface area contributed by atoms with E-state index in [9.17, 15) is 0 Å². The summed E-state index contributed by atoms with van der Waals surface area (Å²) in [6.07, 6.45) is 0. The van der Waals surface area contributed by atoms with Crippen molar-refractivity contribution in [3.63, 3.8) is 0 Å². The Kier molecular flexibility index (Phi) is 3.13. The van der Waals surface area contributed by atoms with E-state index in [1.165, 1.54) is 5.19 Å². The molecule has 0 bridgehead atoms. The van der Waals surface area contributed by atoms with Crippen LogP contribution in [-0.4, -0.2) is 18.3 Å². The van der Waals surface area contributed by atoms with E-state index < -0.39 is 8.07 Å². The zero-order chi connectivity index (χ0) is 9.90. The average Bonchev–Trinajstić information content (AvgIpc) is 2.04. The van der Waals surface area contributed by atoms with Crippen molar-refractivity contribution >= 4 is 23.5 Å². The first-order valence-corrected chi connectivity index (χ1v) is 9.07. The quantitative estimate of drug-likeness (QED) is 0.471. The molecular weight excluding hydrogens is 188 g/mol. The SMILES string of the molecule is C[Si](C)(C)c1ccc(C#C[SiH3])cc1. The molecule has 0 saturated heterocycles. The van der Waals surface area contributed by atoms with Crippen molar-refractivity contribution in [3.8, 4) is 11.5 Å². The predicted molar refractivity (Wildman–Crippen MR) is 66.2 cm³/mol. The third-order valence-corrected chi connectivity index (χ3v) is 4.34. The van der Waals surface area contributed by atoms with Crippen molar-refractivity contribution in [3.05, 3.63) is 29.8 Å². The van der Waals surface area contributed by atoms with E-state index in [0.29, 0.717) is 0 Å². The van der Waals surface area contributed by atoms with Crippen LogP contribution in [0.5, 0.6) is 0 Å². The number of hydrogen-bond donors (Lipinski definition) is 0. The van der Waals surface area contributed by atoms with Gasteiger partial charge in [0, 0.05) is 5.56 Å². The standard InChI is InChI=1S/C11H16Si2/c1-13(2,3)11-6-4-10(5-7-11)8-9-12/h4-7H,1-3,12H3. The largest absolute Gasteiger partial charge is 0.138 e. The normalized spacial score (nSPS) is 10.7. The molecule has 0 N–H and O–H groups in total. The molecule has 0 nitrogen and oxygen atoms in total. The topological polar surface area (TPSA) is 0 Å². The molecule has 0 fully saturated rings. The van der Waals surface area contributed by atoms with Gasteiger partial charge in [0.25, 0.3) is 0 Å². The van der Waals surface area contributed by atoms with Gasteiger partial charge in [0.2, 0.25) is 0 Å². The van der Waals surface area contributed by atoms with Crippen LogP contribution in [0, 0.1) is 11.5 Å². The van der Waals surface area contributed by atoms with E-state index >= 15 is 0 Å². The highest BCUT2D eigenvalue weighted by Crippen LogP contribution is 2.03. The van der Waals surface area contributed by atoms with E-state index in [0.717, 1.165) is 15.8 Å².